The van der Waals surface area contributed by atoms with Crippen LogP contribution in [0.4, 0.5) is 0 Å². The first-order chi connectivity index (χ1) is 5.14. The average molecular weight is 177 g/mol. The number of hydrogen-bond donors (Lipinski definition) is 0. The molecule has 1 heterocycles. The van der Waals surface area contributed by atoms with E-state index in [-0.39, 0.29) is 6.10 Å². The van der Waals surface area contributed by atoms with E-state index in [1.165, 1.54) is 0 Å². The van der Waals surface area contributed by atoms with Gasteiger partial charge >= 0.3 is 0 Å². The van der Waals surface area contributed by atoms with E-state index in [0.717, 1.165) is 0 Å². The second-order valence-corrected chi connectivity index (χ2v) is 3.26. The van der Waals surface area contributed by atoms with Crippen molar-refractivity contribution in [2.45, 2.75) is 25.7 Å². The number of hydrogen-bond acceptors (Lipinski definition) is 2. The van der Waals surface area contributed by atoms with E-state index < -0.39 is 5.79 Å². The summed E-state index contributed by atoms with van der Waals surface area (Å²) in [7, 11) is 0. The third-order valence-corrected chi connectivity index (χ3v) is 1.65. The summed E-state index contributed by atoms with van der Waals surface area (Å²) in [4.78, 5) is 0. The van der Waals surface area contributed by atoms with Gasteiger partial charge in [0.1, 0.15) is 6.10 Å². The van der Waals surface area contributed by atoms with Gasteiger partial charge in [0.05, 0.1) is 6.61 Å². The van der Waals surface area contributed by atoms with Gasteiger partial charge in [0.25, 0.3) is 0 Å². The Morgan fingerprint density at radius 2 is 2.36 bits per heavy atom. The molecule has 3 heteroatoms. The number of halogens is 1. The molecule has 0 unspecified atom stereocenters. The quantitative estimate of drug-likeness (QED) is 0.473. The highest BCUT2D eigenvalue weighted by Crippen LogP contribution is 2.22. The molecule has 1 saturated heterocycles. The number of ether oxygens (including phenoxy) is 2. The van der Waals surface area contributed by atoms with E-state index in [2.05, 4.69) is 0 Å². The van der Waals surface area contributed by atoms with Gasteiger partial charge in [-0.1, -0.05) is 12.2 Å². The lowest BCUT2D eigenvalue weighted by Gasteiger charge is -2.15. The molecule has 0 aromatic rings. The molecule has 0 aliphatic carbocycles. The van der Waals surface area contributed by atoms with Gasteiger partial charge in [0.2, 0.25) is 0 Å². The van der Waals surface area contributed by atoms with E-state index in [4.69, 9.17) is 21.1 Å². The fourth-order valence-electron chi connectivity index (χ4n) is 1.01. The van der Waals surface area contributed by atoms with Gasteiger partial charge in [0, 0.05) is 5.88 Å². The first-order valence-corrected chi connectivity index (χ1v) is 4.22. The highest BCUT2D eigenvalue weighted by Gasteiger charge is 2.30. The minimum atomic E-state index is -0.429. The lowest BCUT2D eigenvalue weighted by molar-refractivity contribution is -0.133. The Hall–Kier alpha value is -0.0500. The van der Waals surface area contributed by atoms with Crippen LogP contribution in [-0.4, -0.2) is 24.4 Å². The van der Waals surface area contributed by atoms with E-state index >= 15 is 0 Å². The van der Waals surface area contributed by atoms with Gasteiger partial charge in [-0.25, -0.2) is 0 Å². The van der Waals surface area contributed by atoms with Crippen LogP contribution in [0.1, 0.15) is 13.8 Å². The molecule has 0 bridgehead atoms. The molecule has 0 radical (unpaired) electrons. The molecule has 64 valence electrons. The summed E-state index contributed by atoms with van der Waals surface area (Å²) in [6.07, 6.45) is 3.88. The van der Waals surface area contributed by atoms with Gasteiger partial charge in [-0.05, 0) is 13.8 Å². The lowest BCUT2D eigenvalue weighted by Crippen LogP contribution is -2.20. The Labute approximate surface area is 72.1 Å². The molecule has 1 atom stereocenters. The second kappa shape index (κ2) is 3.57. The van der Waals surface area contributed by atoms with Crippen LogP contribution in [0.5, 0.6) is 0 Å². The first-order valence-electron chi connectivity index (χ1n) is 3.68. The third kappa shape index (κ3) is 2.81. The predicted molar refractivity (Wildman–Crippen MR) is 44.8 cm³/mol. The van der Waals surface area contributed by atoms with Gasteiger partial charge in [-0.3, -0.25) is 0 Å². The molecule has 0 N–H and O–H groups in total. The van der Waals surface area contributed by atoms with Crippen LogP contribution in [0.25, 0.3) is 0 Å². The molecule has 1 fully saturated rings. The summed E-state index contributed by atoms with van der Waals surface area (Å²) >= 11 is 5.47. The minimum absolute atomic E-state index is 0.0729. The zero-order chi connectivity index (χ0) is 8.32. The van der Waals surface area contributed by atoms with Crippen molar-refractivity contribution in [1.29, 1.82) is 0 Å². The van der Waals surface area contributed by atoms with Gasteiger partial charge in [0.15, 0.2) is 5.79 Å². The van der Waals surface area contributed by atoms with Crippen molar-refractivity contribution < 1.29 is 9.47 Å². The van der Waals surface area contributed by atoms with E-state index in [9.17, 15) is 0 Å². The minimum Gasteiger partial charge on any atom is -0.347 e. The fraction of sp³-hybridized carbons (Fsp3) is 0.750. The number of allylic oxidation sites excluding steroid dienone is 1. The van der Waals surface area contributed by atoms with Crippen LogP contribution in [0.15, 0.2) is 12.2 Å². The molecule has 0 amide bonds. The summed E-state index contributed by atoms with van der Waals surface area (Å²) in [6.45, 7) is 4.43. The van der Waals surface area contributed by atoms with Gasteiger partial charge < -0.3 is 9.47 Å². The average Bonchev–Trinajstić information content (AvgIpc) is 2.26. The van der Waals surface area contributed by atoms with Crippen molar-refractivity contribution in [3.05, 3.63) is 12.2 Å². The molecular weight excluding hydrogens is 164 g/mol. The molecule has 0 spiro atoms. The number of alkyl halides is 1. The molecule has 0 aromatic heterocycles. The third-order valence-electron chi connectivity index (χ3n) is 1.47. The SMILES string of the molecule is CC1(C)OC[C@H](/C=C\CCl)O1. The molecule has 1 rings (SSSR count). The Morgan fingerprint density at radius 1 is 1.64 bits per heavy atom. The van der Waals surface area contributed by atoms with E-state index in [1.54, 1.807) is 0 Å². The fourth-order valence-corrected chi connectivity index (χ4v) is 1.12. The van der Waals surface area contributed by atoms with Crippen molar-refractivity contribution in [2.75, 3.05) is 12.5 Å². The molecule has 11 heavy (non-hydrogen) atoms. The summed E-state index contributed by atoms with van der Waals surface area (Å²) in [6, 6.07) is 0. The summed E-state index contributed by atoms with van der Waals surface area (Å²) in [5.74, 6) is 0.0988. The smallest absolute Gasteiger partial charge is 0.163 e. The zero-order valence-electron chi connectivity index (χ0n) is 6.84. The maximum absolute atomic E-state index is 5.48. The molecule has 0 saturated carbocycles. The standard InChI is InChI=1S/C8H13ClO2/c1-8(2)10-6-7(11-8)4-3-5-9/h3-4,7H,5-6H2,1-2H3/b4-3-/t7-/m0/s1. The molecule has 0 aromatic carbocycles. The van der Waals surface area contributed by atoms with Crippen LogP contribution < -0.4 is 0 Å². The van der Waals surface area contributed by atoms with Crippen molar-refractivity contribution in [3.63, 3.8) is 0 Å². The molecular formula is C8H13ClO2. The van der Waals surface area contributed by atoms with Gasteiger partial charge in [-0.15, -0.1) is 11.6 Å². The lowest BCUT2D eigenvalue weighted by atomic mass is 10.3. The summed E-state index contributed by atoms with van der Waals surface area (Å²) < 4.78 is 10.8. The van der Waals surface area contributed by atoms with Crippen LogP contribution in [-0.2, 0) is 9.47 Å². The van der Waals surface area contributed by atoms with Crippen LogP contribution in [0.2, 0.25) is 0 Å². The highest BCUT2D eigenvalue weighted by molar-refractivity contribution is 6.18. The maximum Gasteiger partial charge on any atom is 0.163 e. The highest BCUT2D eigenvalue weighted by atomic mass is 35.5. The predicted octanol–water partition coefficient (Wildman–Crippen LogP) is 1.93. The first kappa shape index (κ1) is 9.04. The summed E-state index contributed by atoms with van der Waals surface area (Å²) in [5, 5.41) is 0. The molecule has 1 aliphatic heterocycles. The van der Waals surface area contributed by atoms with Crippen molar-refractivity contribution in [3.8, 4) is 0 Å². The van der Waals surface area contributed by atoms with Crippen LogP contribution in [0.3, 0.4) is 0 Å². The zero-order valence-corrected chi connectivity index (χ0v) is 7.60. The normalized spacial score (nSPS) is 29.9. The van der Waals surface area contributed by atoms with Crippen molar-refractivity contribution in [2.24, 2.45) is 0 Å². The monoisotopic (exact) mass is 176 g/mol. The van der Waals surface area contributed by atoms with Crippen LogP contribution in [0, 0.1) is 0 Å². The Morgan fingerprint density at radius 3 is 2.82 bits per heavy atom. The molecule has 1 aliphatic rings. The second-order valence-electron chi connectivity index (χ2n) is 2.95. The summed E-state index contributed by atoms with van der Waals surface area (Å²) in [5.41, 5.74) is 0. The Bertz CT molecular complexity index is 154. The van der Waals surface area contributed by atoms with E-state index in [1.807, 2.05) is 26.0 Å². The van der Waals surface area contributed by atoms with E-state index in [0.29, 0.717) is 12.5 Å². The van der Waals surface area contributed by atoms with Crippen molar-refractivity contribution >= 4 is 11.6 Å². The largest absolute Gasteiger partial charge is 0.347 e. The topological polar surface area (TPSA) is 18.5 Å². The Balaban J connectivity index is 2.36. The Kier molecular flexibility index (Phi) is 2.93. The number of rotatable bonds is 2. The van der Waals surface area contributed by atoms with Crippen LogP contribution >= 0.6 is 11.6 Å². The maximum atomic E-state index is 5.48. The van der Waals surface area contributed by atoms with Gasteiger partial charge in [-0.2, -0.15) is 0 Å². The molecule has 2 nitrogen and oxygen atoms in total. The van der Waals surface area contributed by atoms with Crippen molar-refractivity contribution in [1.82, 2.24) is 0 Å².